The van der Waals surface area contributed by atoms with Crippen LogP contribution in [0.15, 0.2) is 16.5 Å². The summed E-state index contributed by atoms with van der Waals surface area (Å²) in [5.41, 5.74) is 6.00. The van der Waals surface area contributed by atoms with Gasteiger partial charge in [0.15, 0.2) is 0 Å². The molecule has 0 saturated carbocycles. The largest absolute Gasteiger partial charge is 0.465 e. The van der Waals surface area contributed by atoms with Crippen molar-refractivity contribution in [2.45, 2.75) is 38.6 Å². The van der Waals surface area contributed by atoms with Gasteiger partial charge in [0.25, 0.3) is 0 Å². The van der Waals surface area contributed by atoms with Gasteiger partial charge in [-0.15, -0.1) is 0 Å². The summed E-state index contributed by atoms with van der Waals surface area (Å²) in [6, 6.07) is 4.38. The summed E-state index contributed by atoms with van der Waals surface area (Å²) in [7, 11) is 0. The topological polar surface area (TPSA) is 45.6 Å². The van der Waals surface area contributed by atoms with Crippen molar-refractivity contribution < 1.29 is 4.42 Å². The van der Waals surface area contributed by atoms with Crippen LogP contribution in [0.25, 0.3) is 0 Å². The second kappa shape index (κ2) is 6.95. The second-order valence-corrected chi connectivity index (χ2v) is 6.69. The maximum Gasteiger partial charge on any atom is 0.122 e. The minimum Gasteiger partial charge on any atom is -0.465 e. The predicted octanol–water partition coefficient (Wildman–Crippen LogP) is 2.40. The van der Waals surface area contributed by atoms with Gasteiger partial charge in [0.05, 0.1) is 6.04 Å². The van der Waals surface area contributed by atoms with Gasteiger partial charge in [-0.25, -0.2) is 0 Å². The monoisotopic (exact) mass is 291 g/mol. The van der Waals surface area contributed by atoms with Crippen LogP contribution in [-0.4, -0.2) is 49.1 Å². The molecule has 0 amide bonds. The highest BCUT2D eigenvalue weighted by molar-refractivity contribution is 5.10. The fourth-order valence-corrected chi connectivity index (χ4v) is 3.86. The fourth-order valence-electron chi connectivity index (χ4n) is 3.86. The van der Waals surface area contributed by atoms with Crippen LogP contribution in [-0.2, 0) is 0 Å². The number of furan rings is 1. The Balaban J connectivity index is 1.51. The van der Waals surface area contributed by atoms with Crippen molar-refractivity contribution in [1.82, 2.24) is 9.80 Å². The number of likely N-dealkylation sites (tertiary alicyclic amines) is 2. The summed E-state index contributed by atoms with van der Waals surface area (Å²) >= 11 is 0. The maximum atomic E-state index is 6.00. The van der Waals surface area contributed by atoms with Crippen LogP contribution in [0.4, 0.5) is 0 Å². The summed E-state index contributed by atoms with van der Waals surface area (Å²) < 4.78 is 5.79. The van der Waals surface area contributed by atoms with Crippen LogP contribution in [0.3, 0.4) is 0 Å². The molecule has 0 spiro atoms. The second-order valence-electron chi connectivity index (χ2n) is 6.69. The molecule has 0 bridgehead atoms. The van der Waals surface area contributed by atoms with Gasteiger partial charge in [0, 0.05) is 13.1 Å². The average molecular weight is 291 g/mol. The van der Waals surface area contributed by atoms with Crippen molar-refractivity contribution in [2.75, 3.05) is 39.3 Å². The Morgan fingerprint density at radius 3 is 2.48 bits per heavy atom. The Hall–Kier alpha value is -0.840. The maximum absolute atomic E-state index is 6.00. The smallest absolute Gasteiger partial charge is 0.122 e. The molecule has 3 heterocycles. The molecule has 1 aromatic heterocycles. The highest BCUT2D eigenvalue weighted by Gasteiger charge is 2.28. The lowest BCUT2D eigenvalue weighted by atomic mass is 9.95. The third kappa shape index (κ3) is 3.68. The molecule has 1 aromatic rings. The lowest BCUT2D eigenvalue weighted by molar-refractivity contribution is 0.107. The number of rotatable bonds is 5. The van der Waals surface area contributed by atoms with E-state index in [0.717, 1.165) is 30.5 Å². The quantitative estimate of drug-likeness (QED) is 0.905. The lowest BCUT2D eigenvalue weighted by Crippen LogP contribution is -2.42. The van der Waals surface area contributed by atoms with Crippen molar-refractivity contribution in [2.24, 2.45) is 11.7 Å². The highest BCUT2D eigenvalue weighted by atomic mass is 16.3. The number of piperidine rings is 1. The Labute approximate surface area is 128 Å². The molecular weight excluding hydrogens is 262 g/mol. The van der Waals surface area contributed by atoms with Gasteiger partial charge in [0.1, 0.15) is 11.5 Å². The summed E-state index contributed by atoms with van der Waals surface area (Å²) in [4.78, 5) is 5.16. The lowest BCUT2D eigenvalue weighted by Gasteiger charge is -2.37. The van der Waals surface area contributed by atoms with E-state index in [1.165, 1.54) is 45.3 Å². The molecule has 2 N–H and O–H groups in total. The van der Waals surface area contributed by atoms with E-state index in [0.29, 0.717) is 6.54 Å². The van der Waals surface area contributed by atoms with Gasteiger partial charge < -0.3 is 15.1 Å². The normalized spacial score (nSPS) is 23.7. The zero-order valence-corrected chi connectivity index (χ0v) is 13.3. The molecule has 118 valence electrons. The zero-order chi connectivity index (χ0) is 14.7. The first-order valence-corrected chi connectivity index (χ1v) is 8.49. The summed E-state index contributed by atoms with van der Waals surface area (Å²) in [6.07, 6.45) is 5.39. The van der Waals surface area contributed by atoms with E-state index in [1.807, 2.05) is 13.0 Å². The number of hydrogen-bond donors (Lipinski definition) is 1. The first-order chi connectivity index (χ1) is 10.3. The van der Waals surface area contributed by atoms with Gasteiger partial charge in [-0.05, 0) is 76.8 Å². The standard InChI is InChI=1S/C17H29N3O/c1-14-4-5-17(21-14)16(12-18)20-10-6-15(7-11-20)13-19-8-2-3-9-19/h4-5,15-16H,2-3,6-13,18H2,1H3. The van der Waals surface area contributed by atoms with Gasteiger partial charge in [-0.3, -0.25) is 4.90 Å². The van der Waals surface area contributed by atoms with Crippen LogP contribution in [0.1, 0.15) is 43.2 Å². The Morgan fingerprint density at radius 2 is 1.90 bits per heavy atom. The van der Waals surface area contributed by atoms with Crippen LogP contribution in [0.5, 0.6) is 0 Å². The molecule has 21 heavy (non-hydrogen) atoms. The van der Waals surface area contributed by atoms with Gasteiger partial charge in [-0.2, -0.15) is 0 Å². The van der Waals surface area contributed by atoms with Crippen molar-refractivity contribution in [1.29, 1.82) is 0 Å². The molecular formula is C17H29N3O. The number of hydrogen-bond acceptors (Lipinski definition) is 4. The number of nitrogens with two attached hydrogens (primary N) is 1. The summed E-state index contributed by atoms with van der Waals surface area (Å²) in [5.74, 6) is 2.89. The van der Waals surface area contributed by atoms with Crippen LogP contribution >= 0.6 is 0 Å². The van der Waals surface area contributed by atoms with Crippen LogP contribution in [0, 0.1) is 12.8 Å². The van der Waals surface area contributed by atoms with E-state index >= 15 is 0 Å². The molecule has 1 atom stereocenters. The average Bonchev–Trinajstić information content (AvgIpc) is 3.14. The zero-order valence-electron chi connectivity index (χ0n) is 13.3. The highest BCUT2D eigenvalue weighted by Crippen LogP contribution is 2.28. The first-order valence-electron chi connectivity index (χ1n) is 8.49. The van der Waals surface area contributed by atoms with Crippen LogP contribution < -0.4 is 5.73 Å². The Bertz CT molecular complexity index is 431. The molecule has 0 aromatic carbocycles. The number of aryl methyl sites for hydroxylation is 1. The van der Waals surface area contributed by atoms with Gasteiger partial charge >= 0.3 is 0 Å². The van der Waals surface area contributed by atoms with E-state index in [9.17, 15) is 0 Å². The molecule has 2 aliphatic heterocycles. The third-order valence-electron chi connectivity index (χ3n) is 5.12. The van der Waals surface area contributed by atoms with Crippen molar-refractivity contribution in [3.8, 4) is 0 Å². The van der Waals surface area contributed by atoms with Crippen LogP contribution in [0.2, 0.25) is 0 Å². The van der Waals surface area contributed by atoms with Crippen molar-refractivity contribution in [3.63, 3.8) is 0 Å². The SMILES string of the molecule is Cc1ccc(C(CN)N2CCC(CN3CCCC3)CC2)o1. The molecule has 1 unspecified atom stereocenters. The minimum atomic E-state index is 0.256. The fraction of sp³-hybridized carbons (Fsp3) is 0.765. The van der Waals surface area contributed by atoms with E-state index in [1.54, 1.807) is 0 Å². The molecule has 2 saturated heterocycles. The summed E-state index contributed by atoms with van der Waals surface area (Å²) in [6.45, 7) is 8.89. The van der Waals surface area contributed by atoms with Gasteiger partial charge in [-0.1, -0.05) is 0 Å². The van der Waals surface area contributed by atoms with Gasteiger partial charge in [0.2, 0.25) is 0 Å². The molecule has 4 nitrogen and oxygen atoms in total. The minimum absolute atomic E-state index is 0.256. The van der Waals surface area contributed by atoms with E-state index in [4.69, 9.17) is 10.2 Å². The third-order valence-corrected chi connectivity index (χ3v) is 5.12. The Kier molecular flexibility index (Phi) is 4.99. The molecule has 2 aliphatic rings. The first kappa shape index (κ1) is 15.1. The predicted molar refractivity (Wildman–Crippen MR) is 85.2 cm³/mol. The molecule has 3 rings (SSSR count). The summed E-state index contributed by atoms with van der Waals surface area (Å²) in [5, 5.41) is 0. The van der Waals surface area contributed by atoms with E-state index in [2.05, 4.69) is 15.9 Å². The van der Waals surface area contributed by atoms with E-state index < -0.39 is 0 Å². The molecule has 0 radical (unpaired) electrons. The molecule has 2 fully saturated rings. The van der Waals surface area contributed by atoms with Crippen molar-refractivity contribution in [3.05, 3.63) is 23.7 Å². The molecule has 4 heteroatoms. The van der Waals surface area contributed by atoms with Crippen molar-refractivity contribution >= 4 is 0 Å². The number of nitrogens with zero attached hydrogens (tertiary/aromatic N) is 2. The Morgan fingerprint density at radius 1 is 1.19 bits per heavy atom. The molecule has 0 aliphatic carbocycles. The van der Waals surface area contributed by atoms with E-state index in [-0.39, 0.29) is 6.04 Å².